The van der Waals surface area contributed by atoms with Crippen LogP contribution in [-0.2, 0) is 9.53 Å². The van der Waals surface area contributed by atoms with Crippen LogP contribution in [0.15, 0.2) is 12.2 Å². The third-order valence-electron chi connectivity index (χ3n) is 5.20. The minimum absolute atomic E-state index is 0.0326. The standard InChI is InChI=1S/C22H40O3/c1-3-5-7-9-10-11-12-13-14-16-19(23)18-21-20(22(24)25-21)17-15-8-6-4-2/h12-13,19-21,23H,3-11,14-18H2,1-2H3/t19-,20+,21+/m0/s1. The molecule has 0 aliphatic carbocycles. The molecular weight excluding hydrogens is 312 g/mol. The molecule has 25 heavy (non-hydrogen) atoms. The van der Waals surface area contributed by atoms with Crippen molar-refractivity contribution in [2.45, 2.75) is 116 Å². The minimum atomic E-state index is -0.356. The van der Waals surface area contributed by atoms with E-state index in [-0.39, 0.29) is 24.1 Å². The number of esters is 1. The van der Waals surface area contributed by atoms with Gasteiger partial charge < -0.3 is 9.84 Å². The molecule has 3 nitrogen and oxygen atoms in total. The summed E-state index contributed by atoms with van der Waals surface area (Å²) in [7, 11) is 0. The fourth-order valence-corrected chi connectivity index (χ4v) is 3.48. The summed E-state index contributed by atoms with van der Waals surface area (Å²) in [5.41, 5.74) is 0. The van der Waals surface area contributed by atoms with E-state index in [0.29, 0.717) is 6.42 Å². The Morgan fingerprint density at radius 2 is 1.60 bits per heavy atom. The first-order valence-corrected chi connectivity index (χ1v) is 10.7. The third-order valence-corrected chi connectivity index (χ3v) is 5.20. The number of unbranched alkanes of at least 4 members (excludes halogenated alkanes) is 8. The van der Waals surface area contributed by atoms with E-state index in [2.05, 4.69) is 26.0 Å². The number of carbonyl (C=O) groups excluding carboxylic acids is 1. The third kappa shape index (κ3) is 10.0. The molecule has 0 aromatic carbocycles. The molecular formula is C22H40O3. The van der Waals surface area contributed by atoms with Gasteiger partial charge in [0.2, 0.25) is 0 Å². The predicted octanol–water partition coefficient (Wildman–Crippen LogP) is 5.95. The van der Waals surface area contributed by atoms with E-state index in [9.17, 15) is 9.90 Å². The molecule has 0 radical (unpaired) electrons. The van der Waals surface area contributed by atoms with Gasteiger partial charge in [0.25, 0.3) is 0 Å². The van der Waals surface area contributed by atoms with E-state index in [1.165, 1.54) is 51.4 Å². The molecule has 146 valence electrons. The molecule has 0 saturated carbocycles. The van der Waals surface area contributed by atoms with Crippen molar-refractivity contribution in [3.8, 4) is 0 Å². The molecule has 1 N–H and O–H groups in total. The Morgan fingerprint density at radius 1 is 0.960 bits per heavy atom. The lowest BCUT2D eigenvalue weighted by molar-refractivity contribution is -0.188. The summed E-state index contributed by atoms with van der Waals surface area (Å²) in [5, 5.41) is 10.2. The molecule has 1 saturated heterocycles. The fraction of sp³-hybridized carbons (Fsp3) is 0.864. The molecule has 1 aliphatic rings. The fourth-order valence-electron chi connectivity index (χ4n) is 3.48. The van der Waals surface area contributed by atoms with Gasteiger partial charge in [0, 0.05) is 6.42 Å². The number of ether oxygens (including phenoxy) is 1. The zero-order valence-corrected chi connectivity index (χ0v) is 16.5. The van der Waals surface area contributed by atoms with Gasteiger partial charge >= 0.3 is 5.97 Å². The smallest absolute Gasteiger partial charge is 0.313 e. The van der Waals surface area contributed by atoms with Gasteiger partial charge in [-0.05, 0) is 32.1 Å². The average Bonchev–Trinajstić information content (AvgIpc) is 2.59. The number of cyclic esters (lactones) is 1. The number of hydrogen-bond acceptors (Lipinski definition) is 3. The molecule has 1 fully saturated rings. The highest BCUT2D eigenvalue weighted by Crippen LogP contribution is 2.31. The minimum Gasteiger partial charge on any atom is -0.461 e. The van der Waals surface area contributed by atoms with Crippen LogP contribution in [0, 0.1) is 5.92 Å². The van der Waals surface area contributed by atoms with E-state index in [1.807, 2.05) is 0 Å². The van der Waals surface area contributed by atoms with Crippen LogP contribution in [0.25, 0.3) is 0 Å². The lowest BCUT2D eigenvalue weighted by atomic mass is 9.87. The van der Waals surface area contributed by atoms with Gasteiger partial charge in [-0.3, -0.25) is 4.79 Å². The van der Waals surface area contributed by atoms with Crippen LogP contribution < -0.4 is 0 Å². The zero-order valence-electron chi connectivity index (χ0n) is 16.5. The summed E-state index contributed by atoms with van der Waals surface area (Å²) in [4.78, 5) is 11.6. The molecule has 3 atom stereocenters. The highest BCUT2D eigenvalue weighted by atomic mass is 16.6. The molecule has 0 bridgehead atoms. The maximum Gasteiger partial charge on any atom is 0.313 e. The number of allylic oxidation sites excluding steroid dienone is 2. The van der Waals surface area contributed by atoms with Crippen LogP contribution in [0.2, 0.25) is 0 Å². The Labute approximate surface area is 155 Å². The van der Waals surface area contributed by atoms with Crippen molar-refractivity contribution < 1.29 is 14.6 Å². The van der Waals surface area contributed by atoms with E-state index in [1.54, 1.807) is 0 Å². The average molecular weight is 353 g/mol. The van der Waals surface area contributed by atoms with E-state index < -0.39 is 0 Å². The van der Waals surface area contributed by atoms with Crippen LogP contribution in [-0.4, -0.2) is 23.3 Å². The Hall–Kier alpha value is -0.830. The Balaban J connectivity index is 2.05. The van der Waals surface area contributed by atoms with Crippen LogP contribution >= 0.6 is 0 Å². The van der Waals surface area contributed by atoms with Gasteiger partial charge in [0.15, 0.2) is 0 Å². The molecule has 0 aromatic heterocycles. The molecule has 0 unspecified atom stereocenters. The molecule has 1 heterocycles. The van der Waals surface area contributed by atoms with Crippen LogP contribution in [0.3, 0.4) is 0 Å². The molecule has 1 aliphatic heterocycles. The van der Waals surface area contributed by atoms with E-state index in [4.69, 9.17) is 4.74 Å². The summed E-state index contributed by atoms with van der Waals surface area (Å²) in [5.74, 6) is -0.0261. The quantitative estimate of drug-likeness (QED) is 0.212. The number of hydrogen-bond donors (Lipinski definition) is 1. The Morgan fingerprint density at radius 3 is 2.28 bits per heavy atom. The monoisotopic (exact) mass is 352 g/mol. The Kier molecular flexibility index (Phi) is 12.8. The normalized spacial score (nSPS) is 21.3. The second-order valence-corrected chi connectivity index (χ2v) is 7.57. The van der Waals surface area contributed by atoms with E-state index in [0.717, 1.165) is 32.1 Å². The molecule has 0 spiro atoms. The highest BCUT2D eigenvalue weighted by molar-refractivity contribution is 5.78. The van der Waals surface area contributed by atoms with E-state index >= 15 is 0 Å². The zero-order chi connectivity index (χ0) is 18.3. The summed E-state index contributed by atoms with van der Waals surface area (Å²) >= 11 is 0. The van der Waals surface area contributed by atoms with Crippen molar-refractivity contribution >= 4 is 5.97 Å². The molecule has 0 aromatic rings. The SMILES string of the molecule is CCCCCCCC=CCC[C@H](O)C[C@H]1OC(=O)[C@@H]1CCCCCC. The van der Waals surface area contributed by atoms with Crippen molar-refractivity contribution in [1.82, 2.24) is 0 Å². The Bertz CT molecular complexity index is 364. The first kappa shape index (κ1) is 22.2. The van der Waals surface area contributed by atoms with Crippen molar-refractivity contribution in [2.24, 2.45) is 5.92 Å². The summed E-state index contributed by atoms with van der Waals surface area (Å²) in [6.07, 6.45) is 19.7. The topological polar surface area (TPSA) is 46.5 Å². The van der Waals surface area contributed by atoms with Gasteiger partial charge in [-0.1, -0.05) is 77.4 Å². The molecule has 3 heteroatoms. The van der Waals surface area contributed by atoms with Crippen molar-refractivity contribution in [2.75, 3.05) is 0 Å². The number of carbonyl (C=O) groups is 1. The lowest BCUT2D eigenvalue weighted by Gasteiger charge is -2.36. The first-order valence-electron chi connectivity index (χ1n) is 10.7. The maximum absolute atomic E-state index is 11.6. The van der Waals surface area contributed by atoms with Gasteiger partial charge in [0.1, 0.15) is 6.10 Å². The second-order valence-electron chi connectivity index (χ2n) is 7.57. The summed E-state index contributed by atoms with van der Waals surface area (Å²) < 4.78 is 5.25. The maximum atomic E-state index is 11.6. The van der Waals surface area contributed by atoms with Crippen LogP contribution in [0.4, 0.5) is 0 Å². The number of aliphatic hydroxyl groups excluding tert-OH is 1. The highest BCUT2D eigenvalue weighted by Gasteiger charge is 2.42. The van der Waals surface area contributed by atoms with Gasteiger partial charge in [0.05, 0.1) is 12.0 Å². The molecule has 1 rings (SSSR count). The number of aliphatic hydroxyl groups is 1. The number of rotatable bonds is 16. The van der Waals surface area contributed by atoms with Gasteiger partial charge in [-0.25, -0.2) is 0 Å². The molecule has 0 amide bonds. The second kappa shape index (κ2) is 14.4. The largest absolute Gasteiger partial charge is 0.461 e. The van der Waals surface area contributed by atoms with Crippen LogP contribution in [0.1, 0.15) is 104 Å². The van der Waals surface area contributed by atoms with Gasteiger partial charge in [-0.2, -0.15) is 0 Å². The predicted molar refractivity (Wildman–Crippen MR) is 105 cm³/mol. The van der Waals surface area contributed by atoms with Crippen molar-refractivity contribution in [3.05, 3.63) is 12.2 Å². The van der Waals surface area contributed by atoms with Crippen molar-refractivity contribution in [1.29, 1.82) is 0 Å². The van der Waals surface area contributed by atoms with Crippen LogP contribution in [0.5, 0.6) is 0 Å². The summed E-state index contributed by atoms with van der Waals surface area (Å²) in [6, 6.07) is 0. The van der Waals surface area contributed by atoms with Crippen molar-refractivity contribution in [3.63, 3.8) is 0 Å². The summed E-state index contributed by atoms with van der Waals surface area (Å²) in [6.45, 7) is 4.43. The lowest BCUT2D eigenvalue weighted by Crippen LogP contribution is -2.46. The van der Waals surface area contributed by atoms with Gasteiger partial charge in [-0.15, -0.1) is 0 Å². The first-order chi connectivity index (χ1) is 12.2.